The lowest BCUT2D eigenvalue weighted by Gasteiger charge is -2.27. The van der Waals surface area contributed by atoms with Gasteiger partial charge < -0.3 is 5.32 Å². The highest BCUT2D eigenvalue weighted by molar-refractivity contribution is 14.1. The Hall–Kier alpha value is -1.07. The van der Waals surface area contributed by atoms with E-state index in [2.05, 4.69) is 0 Å². The van der Waals surface area contributed by atoms with Gasteiger partial charge in [0.2, 0.25) is 0 Å². The predicted octanol–water partition coefficient (Wildman–Crippen LogP) is 4.06. The van der Waals surface area contributed by atoms with Gasteiger partial charge in [0.05, 0.1) is 5.69 Å². The van der Waals surface area contributed by atoms with E-state index >= 15 is 0 Å². The minimum Gasteiger partial charge on any atom is -0.320 e. The monoisotopic (exact) mass is 415 g/mol. The third kappa shape index (κ3) is 2.99. The third-order valence-corrected chi connectivity index (χ3v) is 3.10. The van der Waals surface area contributed by atoms with Gasteiger partial charge >= 0.3 is 23.9 Å². The van der Waals surface area contributed by atoms with Crippen molar-refractivity contribution in [3.05, 3.63) is 27.8 Å². The maximum absolute atomic E-state index is 13.0. The molecule has 0 saturated carbocycles. The lowest BCUT2D eigenvalue weighted by atomic mass is 10.1. The summed E-state index contributed by atoms with van der Waals surface area (Å²) < 4.78 is 87.2. The van der Waals surface area contributed by atoms with Gasteiger partial charge in [-0.05, 0) is 34.7 Å². The van der Waals surface area contributed by atoms with E-state index in [4.69, 9.17) is 0 Å². The zero-order chi connectivity index (χ0) is 15.8. The van der Waals surface area contributed by atoms with E-state index in [1.807, 2.05) is 0 Å². The molecule has 1 aromatic rings. The zero-order valence-corrected chi connectivity index (χ0v) is 11.4. The van der Waals surface area contributed by atoms with Crippen molar-refractivity contribution in [1.29, 1.82) is 0 Å². The molecule has 112 valence electrons. The van der Waals surface area contributed by atoms with Gasteiger partial charge in [0.15, 0.2) is 0 Å². The fraction of sp³-hybridized carbons (Fsp3) is 0.300. The number of hydrogen-bond donors (Lipinski definition) is 1. The lowest BCUT2D eigenvalue weighted by molar-refractivity contribution is -0.343. The molecule has 0 spiro atoms. The molecule has 2 nitrogen and oxygen atoms in total. The van der Waals surface area contributed by atoms with Crippen molar-refractivity contribution in [2.45, 2.75) is 18.0 Å². The lowest BCUT2D eigenvalue weighted by Crippen LogP contribution is -2.57. The molecule has 0 saturated heterocycles. The van der Waals surface area contributed by atoms with Crippen molar-refractivity contribution in [2.75, 3.05) is 5.32 Å². The van der Waals surface area contributed by atoms with Crippen LogP contribution < -0.4 is 5.32 Å². The smallest absolute Gasteiger partial charge is 0.320 e. The normalized spacial score (nSPS) is 13.2. The second-order valence-electron chi connectivity index (χ2n) is 3.58. The Bertz CT molecular complexity index is 515. The highest BCUT2D eigenvalue weighted by atomic mass is 127. The first-order chi connectivity index (χ1) is 8.91. The Morgan fingerprint density at radius 3 is 1.95 bits per heavy atom. The van der Waals surface area contributed by atoms with E-state index in [9.17, 15) is 35.5 Å². The molecule has 0 radical (unpaired) electrons. The molecule has 0 aliphatic rings. The van der Waals surface area contributed by atoms with Crippen molar-refractivity contribution < 1.29 is 35.5 Å². The molecule has 0 aromatic heterocycles. The summed E-state index contributed by atoms with van der Waals surface area (Å²) in [6.45, 7) is 0. The predicted molar refractivity (Wildman–Crippen MR) is 63.7 cm³/mol. The fourth-order valence-corrected chi connectivity index (χ4v) is 1.61. The van der Waals surface area contributed by atoms with Gasteiger partial charge in [0.1, 0.15) is 0 Å². The molecule has 1 amide bonds. The molecule has 10 heteroatoms. The van der Waals surface area contributed by atoms with E-state index in [1.54, 1.807) is 22.6 Å². The summed E-state index contributed by atoms with van der Waals surface area (Å²) in [5.74, 6) is -15.1. The molecule has 0 aliphatic carbocycles. The van der Waals surface area contributed by atoms with Crippen LogP contribution in [0, 0.1) is 3.57 Å². The van der Waals surface area contributed by atoms with Gasteiger partial charge in [-0.1, -0.05) is 12.1 Å². The number of nitrogens with one attached hydrogen (secondary N) is 1. The van der Waals surface area contributed by atoms with E-state index < -0.39 is 23.9 Å². The average molecular weight is 415 g/mol. The second kappa shape index (κ2) is 5.37. The summed E-state index contributed by atoms with van der Waals surface area (Å²) >= 11 is 1.59. The largest absolute Gasteiger partial charge is 0.460 e. The number of rotatable bonds is 3. The van der Waals surface area contributed by atoms with Crippen LogP contribution in [0.25, 0.3) is 0 Å². The molecule has 1 aromatic carbocycles. The summed E-state index contributed by atoms with van der Waals surface area (Å²) in [4.78, 5) is 11.0. The van der Waals surface area contributed by atoms with Crippen molar-refractivity contribution in [3.63, 3.8) is 0 Å². The van der Waals surface area contributed by atoms with Crippen LogP contribution in [-0.4, -0.2) is 23.9 Å². The maximum atomic E-state index is 13.0. The molecule has 0 bridgehead atoms. The number of benzene rings is 1. The molecule has 0 heterocycles. The quantitative estimate of drug-likeness (QED) is 0.586. The van der Waals surface area contributed by atoms with Crippen LogP contribution in [0.5, 0.6) is 0 Å². The van der Waals surface area contributed by atoms with Crippen LogP contribution in [-0.2, 0) is 4.79 Å². The number of carbonyl (C=O) groups excluding carboxylic acids is 1. The number of halogens is 8. The number of hydrogen-bond acceptors (Lipinski definition) is 1. The maximum Gasteiger partial charge on any atom is 0.460 e. The number of para-hydroxylation sites is 1. The minimum atomic E-state index is -6.54. The second-order valence-corrected chi connectivity index (χ2v) is 4.74. The fourth-order valence-electron chi connectivity index (χ4n) is 1.08. The van der Waals surface area contributed by atoms with Crippen LogP contribution >= 0.6 is 22.6 Å². The molecule has 0 fully saturated rings. The Kier molecular flexibility index (Phi) is 4.56. The van der Waals surface area contributed by atoms with E-state index in [0.29, 0.717) is 0 Å². The topological polar surface area (TPSA) is 29.1 Å². The molecular formula is C10H5F7INO. The van der Waals surface area contributed by atoms with E-state index in [1.165, 1.54) is 23.5 Å². The standard InChI is InChI=1S/C10H5F7INO/c11-8(12,9(13,14)10(15,16)17)7(20)19-6-4-2-1-3-5(6)18/h1-4H,(H,19,20). The zero-order valence-electron chi connectivity index (χ0n) is 9.24. The molecule has 1 N–H and O–H groups in total. The molecule has 20 heavy (non-hydrogen) atoms. The van der Waals surface area contributed by atoms with E-state index in [-0.39, 0.29) is 9.26 Å². The molecule has 0 atom stereocenters. The summed E-state index contributed by atoms with van der Waals surface area (Å²) in [7, 11) is 0. The first kappa shape index (κ1) is 17.0. The number of alkyl halides is 7. The summed E-state index contributed by atoms with van der Waals surface area (Å²) in [5, 5.41) is 1.35. The van der Waals surface area contributed by atoms with Gasteiger partial charge in [0, 0.05) is 3.57 Å². The minimum absolute atomic E-state index is 0.199. The van der Waals surface area contributed by atoms with Crippen LogP contribution in [0.4, 0.5) is 36.4 Å². The van der Waals surface area contributed by atoms with Crippen molar-refractivity contribution in [3.8, 4) is 0 Å². The van der Waals surface area contributed by atoms with Crippen molar-refractivity contribution in [1.82, 2.24) is 0 Å². The van der Waals surface area contributed by atoms with Gasteiger partial charge in [-0.3, -0.25) is 4.79 Å². The number of carbonyl (C=O) groups is 1. The van der Waals surface area contributed by atoms with Crippen LogP contribution in [0.3, 0.4) is 0 Å². The molecule has 1 rings (SSSR count). The van der Waals surface area contributed by atoms with E-state index in [0.717, 1.165) is 6.07 Å². The molecule has 0 unspecified atom stereocenters. The molecular weight excluding hydrogens is 410 g/mol. The SMILES string of the molecule is O=C(Nc1ccccc1I)C(F)(F)C(F)(F)C(F)(F)F. The van der Waals surface area contributed by atoms with Crippen LogP contribution in [0.1, 0.15) is 0 Å². The van der Waals surface area contributed by atoms with Crippen molar-refractivity contribution >= 4 is 34.2 Å². The van der Waals surface area contributed by atoms with Gasteiger partial charge in [-0.2, -0.15) is 30.7 Å². The third-order valence-electron chi connectivity index (χ3n) is 2.16. The number of anilines is 1. The summed E-state index contributed by atoms with van der Waals surface area (Å²) in [5.41, 5.74) is -0.296. The average Bonchev–Trinajstić information content (AvgIpc) is 2.30. The number of amides is 1. The van der Waals surface area contributed by atoms with Gasteiger partial charge in [0.25, 0.3) is 0 Å². The van der Waals surface area contributed by atoms with Gasteiger partial charge in [-0.25, -0.2) is 0 Å². The Morgan fingerprint density at radius 2 is 1.50 bits per heavy atom. The first-order valence-corrected chi connectivity index (χ1v) is 5.87. The van der Waals surface area contributed by atoms with Crippen molar-refractivity contribution in [2.24, 2.45) is 0 Å². The van der Waals surface area contributed by atoms with Gasteiger partial charge in [-0.15, -0.1) is 0 Å². The highest BCUT2D eigenvalue weighted by Crippen LogP contribution is 2.46. The summed E-state index contributed by atoms with van der Waals surface area (Å²) in [6, 6.07) is 5.18. The Labute approximate surface area is 121 Å². The first-order valence-electron chi connectivity index (χ1n) is 4.79. The Balaban J connectivity index is 3.05. The summed E-state index contributed by atoms with van der Waals surface area (Å²) in [6.07, 6.45) is -6.54. The highest BCUT2D eigenvalue weighted by Gasteiger charge is 2.76. The molecule has 0 aliphatic heterocycles. The van der Waals surface area contributed by atoms with Crippen LogP contribution in [0.15, 0.2) is 24.3 Å². The Morgan fingerprint density at radius 1 is 1.00 bits per heavy atom. The van der Waals surface area contributed by atoms with Crippen LogP contribution in [0.2, 0.25) is 0 Å².